The fourth-order valence-corrected chi connectivity index (χ4v) is 1.45. The van der Waals surface area contributed by atoms with Crippen molar-refractivity contribution in [3.63, 3.8) is 0 Å². The summed E-state index contributed by atoms with van der Waals surface area (Å²) in [7, 11) is 0. The monoisotopic (exact) mass is 174 g/mol. The fourth-order valence-electron chi connectivity index (χ4n) is 0.761. The molecule has 2 heteroatoms. The van der Waals surface area contributed by atoms with Gasteiger partial charge < -0.3 is 0 Å². The molecular formula is C6H7BrO. The van der Waals surface area contributed by atoms with Crippen LogP contribution in [0.1, 0.15) is 13.3 Å². The quantitative estimate of drug-likeness (QED) is 0.511. The molecule has 44 valence electrons. The van der Waals surface area contributed by atoms with E-state index in [-0.39, 0.29) is 5.78 Å². The lowest BCUT2D eigenvalue weighted by molar-refractivity contribution is -0.114. The normalized spacial score (nSPS) is 28.5. The standard InChI is InChI=1S/C6H7BrO/c1-4-2-5(7)3-6(4)8/h2,5H,3H2,1H3. The van der Waals surface area contributed by atoms with Gasteiger partial charge in [-0.05, 0) is 12.5 Å². The molecular weight excluding hydrogens is 168 g/mol. The number of rotatable bonds is 0. The second-order valence-corrected chi connectivity index (χ2v) is 3.17. The number of carbonyl (C=O) groups is 1. The molecule has 0 amide bonds. The third-order valence-corrected chi connectivity index (χ3v) is 1.84. The zero-order chi connectivity index (χ0) is 6.15. The number of carbonyl (C=O) groups excluding carboxylic acids is 1. The Morgan fingerprint density at radius 2 is 2.50 bits per heavy atom. The number of halogens is 1. The van der Waals surface area contributed by atoms with Crippen molar-refractivity contribution in [2.75, 3.05) is 0 Å². The van der Waals surface area contributed by atoms with Crippen LogP contribution in [0.15, 0.2) is 11.6 Å². The Labute approximate surface area is 56.9 Å². The Kier molecular flexibility index (Phi) is 1.52. The molecule has 0 aromatic carbocycles. The summed E-state index contributed by atoms with van der Waals surface area (Å²) in [6.45, 7) is 1.85. The number of hydrogen-bond donors (Lipinski definition) is 0. The molecule has 0 heterocycles. The van der Waals surface area contributed by atoms with Crippen LogP contribution >= 0.6 is 15.9 Å². The second-order valence-electron chi connectivity index (χ2n) is 1.99. The van der Waals surface area contributed by atoms with Gasteiger partial charge in [-0.25, -0.2) is 0 Å². The minimum absolute atomic E-state index is 0.270. The van der Waals surface area contributed by atoms with Gasteiger partial charge in [-0.1, -0.05) is 22.0 Å². The van der Waals surface area contributed by atoms with Crippen molar-refractivity contribution in [3.8, 4) is 0 Å². The summed E-state index contributed by atoms with van der Waals surface area (Å²) in [5.41, 5.74) is 0.895. The van der Waals surface area contributed by atoms with Crippen molar-refractivity contribution < 1.29 is 4.79 Å². The first-order chi connectivity index (χ1) is 3.70. The van der Waals surface area contributed by atoms with Crippen molar-refractivity contribution in [3.05, 3.63) is 11.6 Å². The highest BCUT2D eigenvalue weighted by atomic mass is 79.9. The molecule has 0 saturated heterocycles. The van der Waals surface area contributed by atoms with Crippen molar-refractivity contribution in [2.45, 2.75) is 18.2 Å². The molecule has 0 fully saturated rings. The highest BCUT2D eigenvalue weighted by Gasteiger charge is 2.17. The summed E-state index contributed by atoms with van der Waals surface area (Å²) in [5.74, 6) is 0.270. The third kappa shape index (κ3) is 0.996. The third-order valence-electron chi connectivity index (χ3n) is 1.25. The first-order valence-electron chi connectivity index (χ1n) is 2.56. The Bertz CT molecular complexity index is 149. The van der Waals surface area contributed by atoms with Crippen LogP contribution in [0.25, 0.3) is 0 Å². The summed E-state index contributed by atoms with van der Waals surface area (Å²) in [6.07, 6.45) is 2.59. The van der Waals surface area contributed by atoms with E-state index in [4.69, 9.17) is 0 Å². The molecule has 8 heavy (non-hydrogen) atoms. The molecule has 1 nitrogen and oxygen atoms in total. The van der Waals surface area contributed by atoms with E-state index in [1.54, 1.807) is 0 Å². The van der Waals surface area contributed by atoms with Gasteiger partial charge in [0, 0.05) is 11.2 Å². The zero-order valence-corrected chi connectivity index (χ0v) is 6.23. The maximum absolute atomic E-state index is 10.7. The topological polar surface area (TPSA) is 17.1 Å². The van der Waals surface area contributed by atoms with Crippen LogP contribution in [-0.4, -0.2) is 10.6 Å². The summed E-state index contributed by atoms with van der Waals surface area (Å²) in [4.78, 5) is 11.0. The van der Waals surface area contributed by atoms with Crippen LogP contribution in [0.4, 0.5) is 0 Å². The molecule has 0 bridgehead atoms. The van der Waals surface area contributed by atoms with E-state index in [1.807, 2.05) is 13.0 Å². The Morgan fingerprint density at radius 1 is 1.88 bits per heavy atom. The molecule has 1 aliphatic rings. The molecule has 1 aliphatic carbocycles. The van der Waals surface area contributed by atoms with Gasteiger partial charge in [0.1, 0.15) is 0 Å². The molecule has 0 aliphatic heterocycles. The van der Waals surface area contributed by atoms with Gasteiger partial charge in [-0.3, -0.25) is 4.79 Å². The molecule has 0 spiro atoms. The van der Waals surface area contributed by atoms with Crippen molar-refractivity contribution >= 4 is 21.7 Å². The van der Waals surface area contributed by atoms with E-state index in [0.29, 0.717) is 11.2 Å². The maximum Gasteiger partial charge on any atom is 0.159 e. The summed E-state index contributed by atoms with van der Waals surface area (Å²) in [5, 5.41) is 0. The molecule has 1 unspecified atom stereocenters. The van der Waals surface area contributed by atoms with Gasteiger partial charge >= 0.3 is 0 Å². The number of allylic oxidation sites excluding steroid dienone is 2. The van der Waals surface area contributed by atoms with Gasteiger partial charge in [-0.15, -0.1) is 0 Å². The van der Waals surface area contributed by atoms with Crippen LogP contribution in [-0.2, 0) is 4.79 Å². The predicted molar refractivity (Wildman–Crippen MR) is 36.1 cm³/mol. The van der Waals surface area contributed by atoms with E-state index >= 15 is 0 Å². The number of alkyl halides is 1. The number of hydrogen-bond acceptors (Lipinski definition) is 1. The van der Waals surface area contributed by atoms with E-state index < -0.39 is 0 Å². The molecule has 0 N–H and O–H groups in total. The molecule has 0 saturated carbocycles. The Hall–Kier alpha value is -0.110. The lowest BCUT2D eigenvalue weighted by Gasteiger charge is -1.86. The summed E-state index contributed by atoms with van der Waals surface area (Å²) in [6, 6.07) is 0. The van der Waals surface area contributed by atoms with E-state index in [1.165, 1.54) is 0 Å². The summed E-state index contributed by atoms with van der Waals surface area (Å²) >= 11 is 3.32. The predicted octanol–water partition coefficient (Wildman–Crippen LogP) is 1.67. The second kappa shape index (κ2) is 2.02. The van der Waals surface area contributed by atoms with Gasteiger partial charge in [0.05, 0.1) is 0 Å². The SMILES string of the molecule is CC1=CC(Br)CC1=O. The van der Waals surface area contributed by atoms with E-state index in [0.717, 1.165) is 5.57 Å². The van der Waals surface area contributed by atoms with Crippen molar-refractivity contribution in [1.82, 2.24) is 0 Å². The van der Waals surface area contributed by atoms with Gasteiger partial charge in [0.2, 0.25) is 0 Å². The highest BCUT2D eigenvalue weighted by molar-refractivity contribution is 9.09. The van der Waals surface area contributed by atoms with Crippen LogP contribution in [0.3, 0.4) is 0 Å². The highest BCUT2D eigenvalue weighted by Crippen LogP contribution is 2.19. The maximum atomic E-state index is 10.7. The molecule has 0 aromatic rings. The lowest BCUT2D eigenvalue weighted by atomic mass is 10.2. The minimum atomic E-state index is 0.270. The zero-order valence-electron chi connectivity index (χ0n) is 4.65. The fraction of sp³-hybridized carbons (Fsp3) is 0.500. The van der Waals surface area contributed by atoms with Crippen molar-refractivity contribution in [2.24, 2.45) is 0 Å². The number of ketones is 1. The molecule has 0 aromatic heterocycles. The molecule has 0 radical (unpaired) electrons. The smallest absolute Gasteiger partial charge is 0.159 e. The first kappa shape index (κ1) is 6.02. The average molecular weight is 175 g/mol. The van der Waals surface area contributed by atoms with Gasteiger partial charge in [-0.2, -0.15) is 0 Å². The molecule has 1 atom stereocenters. The van der Waals surface area contributed by atoms with E-state index in [2.05, 4.69) is 15.9 Å². The van der Waals surface area contributed by atoms with Gasteiger partial charge in [0.25, 0.3) is 0 Å². The number of Topliss-reactive ketones (excluding diaryl/α,β-unsaturated/α-hetero) is 1. The largest absolute Gasteiger partial charge is 0.295 e. The first-order valence-corrected chi connectivity index (χ1v) is 3.47. The Balaban J connectivity index is 2.73. The Morgan fingerprint density at radius 3 is 2.62 bits per heavy atom. The van der Waals surface area contributed by atoms with Crippen LogP contribution < -0.4 is 0 Å². The average Bonchev–Trinajstić information content (AvgIpc) is 1.85. The minimum Gasteiger partial charge on any atom is -0.295 e. The van der Waals surface area contributed by atoms with Crippen LogP contribution in [0, 0.1) is 0 Å². The lowest BCUT2D eigenvalue weighted by Crippen LogP contribution is -1.93. The molecule has 1 rings (SSSR count). The van der Waals surface area contributed by atoms with Gasteiger partial charge in [0.15, 0.2) is 5.78 Å². The van der Waals surface area contributed by atoms with Crippen LogP contribution in [0.2, 0.25) is 0 Å². The van der Waals surface area contributed by atoms with Crippen LogP contribution in [0.5, 0.6) is 0 Å². The summed E-state index contributed by atoms with van der Waals surface area (Å²) < 4.78 is 0. The van der Waals surface area contributed by atoms with Crippen molar-refractivity contribution in [1.29, 1.82) is 0 Å². The van der Waals surface area contributed by atoms with E-state index in [9.17, 15) is 4.79 Å².